The highest BCUT2D eigenvalue weighted by Crippen LogP contribution is 2.32. The Morgan fingerprint density at radius 1 is 1.32 bits per heavy atom. The molecule has 1 aromatic carbocycles. The molecular formula is C15H20N2OS. The number of nitrogen functional groups attached to an aromatic ring is 1. The smallest absolute Gasteiger partial charge is 0.180 e. The molecule has 0 aliphatic rings. The molecule has 1 heterocycles. The van der Waals surface area contributed by atoms with Gasteiger partial charge in [-0.05, 0) is 31.0 Å². The maximum Gasteiger partial charge on any atom is 0.180 e. The van der Waals surface area contributed by atoms with Crippen molar-refractivity contribution in [3.63, 3.8) is 0 Å². The molecule has 3 nitrogen and oxygen atoms in total. The number of aromatic nitrogens is 1. The summed E-state index contributed by atoms with van der Waals surface area (Å²) in [6.07, 6.45) is 3.53. The number of unbranched alkanes of at least 4 members (excludes halogenated alkanes) is 2. The summed E-state index contributed by atoms with van der Waals surface area (Å²) in [4.78, 5) is 5.38. The average molecular weight is 276 g/mol. The highest BCUT2D eigenvalue weighted by atomic mass is 32.1. The van der Waals surface area contributed by atoms with E-state index in [-0.39, 0.29) is 0 Å². The van der Waals surface area contributed by atoms with Crippen molar-refractivity contribution in [1.82, 2.24) is 4.98 Å². The third-order valence-corrected chi connectivity index (χ3v) is 3.96. The van der Waals surface area contributed by atoms with Gasteiger partial charge in [0, 0.05) is 0 Å². The van der Waals surface area contributed by atoms with Gasteiger partial charge < -0.3 is 10.5 Å². The van der Waals surface area contributed by atoms with E-state index in [1.807, 2.05) is 19.1 Å². The summed E-state index contributed by atoms with van der Waals surface area (Å²) in [5, 5.41) is 0.613. The zero-order valence-electron chi connectivity index (χ0n) is 11.5. The lowest BCUT2D eigenvalue weighted by Crippen LogP contribution is -1.96. The van der Waals surface area contributed by atoms with Crippen LogP contribution >= 0.6 is 11.3 Å². The summed E-state index contributed by atoms with van der Waals surface area (Å²) in [6, 6.07) is 8.14. The first kappa shape index (κ1) is 13.9. The molecule has 2 N–H and O–H groups in total. The van der Waals surface area contributed by atoms with Gasteiger partial charge in [0.1, 0.15) is 5.75 Å². The standard InChI is InChI=1S/C15H20N2OS/c1-3-4-5-9-18-13-8-6-7-12(10-13)14-11(2)17-15(16)19-14/h6-8,10H,3-5,9H2,1-2H3,(H2,16,17). The third-order valence-electron chi connectivity index (χ3n) is 2.93. The van der Waals surface area contributed by atoms with Gasteiger partial charge in [-0.1, -0.05) is 43.2 Å². The van der Waals surface area contributed by atoms with Gasteiger partial charge in [0.2, 0.25) is 0 Å². The van der Waals surface area contributed by atoms with Crippen molar-refractivity contribution < 1.29 is 4.74 Å². The van der Waals surface area contributed by atoms with Crippen molar-refractivity contribution in [3.8, 4) is 16.2 Å². The van der Waals surface area contributed by atoms with E-state index < -0.39 is 0 Å². The highest BCUT2D eigenvalue weighted by molar-refractivity contribution is 7.18. The number of ether oxygens (including phenoxy) is 1. The second kappa shape index (κ2) is 6.57. The van der Waals surface area contributed by atoms with Crippen LogP contribution in [-0.4, -0.2) is 11.6 Å². The van der Waals surface area contributed by atoms with E-state index in [0.717, 1.165) is 34.9 Å². The minimum Gasteiger partial charge on any atom is -0.494 e. The van der Waals surface area contributed by atoms with Crippen LogP contribution in [0.25, 0.3) is 10.4 Å². The average Bonchev–Trinajstić information content (AvgIpc) is 2.74. The van der Waals surface area contributed by atoms with E-state index in [4.69, 9.17) is 10.5 Å². The predicted octanol–water partition coefficient (Wildman–Crippen LogP) is 4.27. The molecule has 4 heteroatoms. The Morgan fingerprint density at radius 3 is 2.84 bits per heavy atom. The number of thiazole rings is 1. The maximum absolute atomic E-state index is 5.77. The fraction of sp³-hybridized carbons (Fsp3) is 0.400. The Morgan fingerprint density at radius 2 is 2.16 bits per heavy atom. The Hall–Kier alpha value is -1.55. The number of anilines is 1. The Labute approximate surface area is 118 Å². The van der Waals surface area contributed by atoms with Crippen LogP contribution in [0.4, 0.5) is 5.13 Å². The number of benzene rings is 1. The normalized spacial score (nSPS) is 10.6. The zero-order chi connectivity index (χ0) is 13.7. The SMILES string of the molecule is CCCCCOc1cccc(-c2sc(N)nc2C)c1. The van der Waals surface area contributed by atoms with Crippen LogP contribution in [0.3, 0.4) is 0 Å². The van der Waals surface area contributed by atoms with Crippen LogP contribution < -0.4 is 10.5 Å². The third kappa shape index (κ3) is 3.70. The van der Waals surface area contributed by atoms with Crippen molar-refractivity contribution in [3.05, 3.63) is 30.0 Å². The van der Waals surface area contributed by atoms with Crippen LogP contribution in [0.2, 0.25) is 0 Å². The van der Waals surface area contributed by atoms with Gasteiger partial charge in [0.15, 0.2) is 5.13 Å². The van der Waals surface area contributed by atoms with Crippen molar-refractivity contribution in [2.45, 2.75) is 33.1 Å². The minimum absolute atomic E-state index is 0.613. The molecule has 0 fully saturated rings. The molecule has 0 spiro atoms. The van der Waals surface area contributed by atoms with Gasteiger partial charge in [-0.25, -0.2) is 4.98 Å². The molecule has 0 saturated carbocycles. The zero-order valence-corrected chi connectivity index (χ0v) is 12.3. The number of nitrogens with zero attached hydrogens (tertiary/aromatic N) is 1. The Kier molecular flexibility index (Phi) is 4.80. The second-order valence-electron chi connectivity index (χ2n) is 4.55. The molecule has 0 aliphatic heterocycles. The molecule has 0 bridgehead atoms. The van der Waals surface area contributed by atoms with E-state index in [9.17, 15) is 0 Å². The summed E-state index contributed by atoms with van der Waals surface area (Å²) >= 11 is 1.52. The molecule has 102 valence electrons. The molecule has 2 rings (SSSR count). The largest absolute Gasteiger partial charge is 0.494 e. The summed E-state index contributed by atoms with van der Waals surface area (Å²) in [5.41, 5.74) is 7.85. The molecule has 1 aromatic heterocycles. The first-order chi connectivity index (χ1) is 9.20. The highest BCUT2D eigenvalue weighted by Gasteiger charge is 2.08. The number of hydrogen-bond donors (Lipinski definition) is 1. The number of aryl methyl sites for hydroxylation is 1. The fourth-order valence-corrected chi connectivity index (χ4v) is 2.78. The summed E-state index contributed by atoms with van der Waals surface area (Å²) in [5.74, 6) is 0.917. The second-order valence-corrected chi connectivity index (χ2v) is 5.58. The van der Waals surface area contributed by atoms with Crippen molar-refractivity contribution in [1.29, 1.82) is 0 Å². The molecule has 19 heavy (non-hydrogen) atoms. The quantitative estimate of drug-likeness (QED) is 0.801. The van der Waals surface area contributed by atoms with Gasteiger partial charge >= 0.3 is 0 Å². The lowest BCUT2D eigenvalue weighted by Gasteiger charge is -2.07. The van der Waals surface area contributed by atoms with Crippen LogP contribution in [-0.2, 0) is 0 Å². The molecule has 0 radical (unpaired) electrons. The van der Waals surface area contributed by atoms with Gasteiger partial charge in [-0.15, -0.1) is 0 Å². The lowest BCUT2D eigenvalue weighted by molar-refractivity contribution is 0.306. The first-order valence-electron chi connectivity index (χ1n) is 6.67. The molecule has 0 atom stereocenters. The van der Waals surface area contributed by atoms with Gasteiger partial charge in [0.05, 0.1) is 17.2 Å². The summed E-state index contributed by atoms with van der Waals surface area (Å²) in [7, 11) is 0. The van der Waals surface area contributed by atoms with E-state index >= 15 is 0 Å². The molecule has 2 aromatic rings. The first-order valence-corrected chi connectivity index (χ1v) is 7.48. The van der Waals surface area contributed by atoms with Crippen LogP contribution in [0.1, 0.15) is 31.9 Å². The van der Waals surface area contributed by atoms with E-state index in [1.165, 1.54) is 24.2 Å². The molecule has 0 aliphatic carbocycles. The van der Waals surface area contributed by atoms with Crippen molar-refractivity contribution in [2.75, 3.05) is 12.3 Å². The number of rotatable bonds is 6. The monoisotopic (exact) mass is 276 g/mol. The topological polar surface area (TPSA) is 48.1 Å². The van der Waals surface area contributed by atoms with Gasteiger partial charge in [-0.3, -0.25) is 0 Å². The van der Waals surface area contributed by atoms with E-state index in [2.05, 4.69) is 24.0 Å². The molecule has 0 amide bonds. The van der Waals surface area contributed by atoms with Crippen molar-refractivity contribution >= 4 is 16.5 Å². The van der Waals surface area contributed by atoms with Crippen molar-refractivity contribution in [2.24, 2.45) is 0 Å². The Balaban J connectivity index is 2.09. The molecule has 0 unspecified atom stereocenters. The van der Waals surface area contributed by atoms with E-state index in [0.29, 0.717) is 5.13 Å². The molecular weight excluding hydrogens is 256 g/mol. The summed E-state index contributed by atoms with van der Waals surface area (Å²) < 4.78 is 5.77. The fourth-order valence-electron chi connectivity index (χ4n) is 1.95. The minimum atomic E-state index is 0.613. The predicted molar refractivity (Wildman–Crippen MR) is 81.7 cm³/mol. The van der Waals surface area contributed by atoms with Crippen LogP contribution in [0, 0.1) is 6.92 Å². The van der Waals surface area contributed by atoms with Crippen LogP contribution in [0.5, 0.6) is 5.75 Å². The van der Waals surface area contributed by atoms with Gasteiger partial charge in [0.25, 0.3) is 0 Å². The number of hydrogen-bond acceptors (Lipinski definition) is 4. The lowest BCUT2D eigenvalue weighted by atomic mass is 10.1. The molecule has 0 saturated heterocycles. The van der Waals surface area contributed by atoms with Gasteiger partial charge in [-0.2, -0.15) is 0 Å². The number of nitrogens with two attached hydrogens (primary N) is 1. The Bertz CT molecular complexity index is 537. The van der Waals surface area contributed by atoms with E-state index in [1.54, 1.807) is 0 Å². The van der Waals surface area contributed by atoms with Crippen LogP contribution in [0.15, 0.2) is 24.3 Å². The summed E-state index contributed by atoms with van der Waals surface area (Å²) in [6.45, 7) is 4.95. The maximum atomic E-state index is 5.77.